The Morgan fingerprint density at radius 1 is 1.08 bits per heavy atom. The van der Waals surface area contributed by atoms with Gasteiger partial charge in [0.2, 0.25) is 0 Å². The Hall–Kier alpha value is -2.85. The van der Waals surface area contributed by atoms with Crippen LogP contribution in [-0.2, 0) is 13.0 Å². The Balaban J connectivity index is 1.77. The summed E-state index contributed by atoms with van der Waals surface area (Å²) in [4.78, 5) is 7.91. The normalized spacial score (nSPS) is 12.6. The molecule has 0 saturated carbocycles. The Kier molecular flexibility index (Phi) is 4.12. The average molecular weight is 331 g/mol. The zero-order valence-corrected chi connectivity index (χ0v) is 14.2. The molecule has 0 aliphatic rings. The summed E-state index contributed by atoms with van der Waals surface area (Å²) in [6.45, 7) is 2.55. The summed E-state index contributed by atoms with van der Waals surface area (Å²) < 4.78 is 2.15. The van der Waals surface area contributed by atoms with Crippen molar-refractivity contribution >= 4 is 10.9 Å². The Morgan fingerprint density at radius 2 is 1.92 bits per heavy atom. The van der Waals surface area contributed by atoms with E-state index in [9.17, 15) is 5.11 Å². The number of aromatic amines is 1. The molecule has 25 heavy (non-hydrogen) atoms. The van der Waals surface area contributed by atoms with Crippen molar-refractivity contribution in [2.24, 2.45) is 0 Å². The molecule has 126 valence electrons. The monoisotopic (exact) mass is 331 g/mol. The van der Waals surface area contributed by atoms with Crippen LogP contribution in [0.1, 0.15) is 18.2 Å². The molecule has 0 amide bonds. The van der Waals surface area contributed by atoms with E-state index in [2.05, 4.69) is 50.9 Å². The zero-order valence-electron chi connectivity index (χ0n) is 14.2. The predicted molar refractivity (Wildman–Crippen MR) is 100 cm³/mol. The maximum absolute atomic E-state index is 9.98. The van der Waals surface area contributed by atoms with Gasteiger partial charge in [0.25, 0.3) is 0 Å². The van der Waals surface area contributed by atoms with Crippen molar-refractivity contribution in [1.82, 2.24) is 14.5 Å². The Morgan fingerprint density at radius 3 is 2.72 bits per heavy atom. The van der Waals surface area contributed by atoms with Crippen LogP contribution in [0.25, 0.3) is 22.2 Å². The van der Waals surface area contributed by atoms with Crippen LogP contribution in [0.15, 0.2) is 67.1 Å². The number of aliphatic hydroxyl groups excluding tert-OH is 1. The molecule has 4 heteroatoms. The molecule has 0 bridgehead atoms. The highest BCUT2D eigenvalue weighted by Gasteiger charge is 2.15. The largest absolute Gasteiger partial charge is 0.393 e. The van der Waals surface area contributed by atoms with Gasteiger partial charge >= 0.3 is 0 Å². The highest BCUT2D eigenvalue weighted by Crippen LogP contribution is 2.25. The van der Waals surface area contributed by atoms with E-state index >= 15 is 0 Å². The maximum Gasteiger partial charge on any atom is 0.0959 e. The van der Waals surface area contributed by atoms with Crippen LogP contribution in [0.2, 0.25) is 0 Å². The number of rotatable bonds is 5. The molecule has 2 heterocycles. The first-order valence-electron chi connectivity index (χ1n) is 8.55. The van der Waals surface area contributed by atoms with Crippen LogP contribution in [0.3, 0.4) is 0 Å². The third-order valence-corrected chi connectivity index (χ3v) is 4.51. The second-order valence-electron chi connectivity index (χ2n) is 6.44. The van der Waals surface area contributed by atoms with Gasteiger partial charge in [0.05, 0.1) is 18.1 Å². The van der Waals surface area contributed by atoms with Gasteiger partial charge in [-0.3, -0.25) is 0 Å². The lowest BCUT2D eigenvalue weighted by Crippen LogP contribution is -2.11. The summed E-state index contributed by atoms with van der Waals surface area (Å²) in [6, 6.07) is 18.6. The van der Waals surface area contributed by atoms with E-state index in [1.165, 1.54) is 10.9 Å². The van der Waals surface area contributed by atoms with Crippen molar-refractivity contribution in [3.63, 3.8) is 0 Å². The van der Waals surface area contributed by atoms with E-state index in [1.807, 2.05) is 37.6 Å². The number of H-pyrrole nitrogens is 1. The second kappa shape index (κ2) is 6.57. The first kappa shape index (κ1) is 15.7. The van der Waals surface area contributed by atoms with Crippen molar-refractivity contribution in [1.29, 1.82) is 0 Å². The summed E-state index contributed by atoms with van der Waals surface area (Å²) in [5.74, 6) is 0. The van der Waals surface area contributed by atoms with Crippen molar-refractivity contribution in [3.05, 3.63) is 78.4 Å². The van der Waals surface area contributed by atoms with E-state index in [0.717, 1.165) is 29.0 Å². The molecule has 4 nitrogen and oxygen atoms in total. The molecule has 4 rings (SSSR count). The molecule has 4 aromatic rings. The minimum Gasteiger partial charge on any atom is -0.393 e. The molecule has 0 fully saturated rings. The number of nitrogens with one attached hydrogen (secondary N) is 1. The third-order valence-electron chi connectivity index (χ3n) is 4.51. The molecular weight excluding hydrogens is 310 g/mol. The number of benzene rings is 2. The van der Waals surface area contributed by atoms with Gasteiger partial charge in [-0.05, 0) is 24.6 Å². The molecule has 0 saturated heterocycles. The maximum atomic E-state index is 9.98. The lowest BCUT2D eigenvalue weighted by molar-refractivity contribution is 0.193. The summed E-state index contributed by atoms with van der Waals surface area (Å²) in [5.41, 5.74) is 5.47. The first-order valence-corrected chi connectivity index (χ1v) is 8.55. The van der Waals surface area contributed by atoms with Gasteiger partial charge in [-0.25, -0.2) is 4.98 Å². The minimum atomic E-state index is -0.416. The summed E-state index contributed by atoms with van der Waals surface area (Å²) in [6.07, 6.45) is 4.01. The van der Waals surface area contributed by atoms with Crippen molar-refractivity contribution in [2.45, 2.75) is 26.0 Å². The van der Waals surface area contributed by atoms with Gasteiger partial charge in [0.15, 0.2) is 0 Å². The molecule has 0 radical (unpaired) electrons. The predicted octanol–water partition coefficient (Wildman–Crippen LogP) is 4.00. The number of nitrogens with zero attached hydrogens (tertiary/aromatic N) is 2. The topological polar surface area (TPSA) is 53.8 Å². The fourth-order valence-electron chi connectivity index (χ4n) is 3.35. The van der Waals surface area contributed by atoms with E-state index in [-0.39, 0.29) is 0 Å². The summed E-state index contributed by atoms with van der Waals surface area (Å²) in [5, 5.41) is 11.2. The molecule has 1 unspecified atom stereocenters. The van der Waals surface area contributed by atoms with Gasteiger partial charge < -0.3 is 14.7 Å². The van der Waals surface area contributed by atoms with Crippen molar-refractivity contribution in [3.8, 4) is 11.3 Å². The molecule has 2 N–H and O–H groups in total. The fraction of sp³-hybridized carbons (Fsp3) is 0.190. The zero-order chi connectivity index (χ0) is 17.2. The standard InChI is InChI=1S/C21H21N3O/c1-15(25)12-20-21(16-6-3-2-4-7-16)23-14-24(20)13-17-8-5-9-19-18(17)10-11-22-19/h2-11,14-15,22,25H,12-13H2,1H3. The smallest absolute Gasteiger partial charge is 0.0959 e. The highest BCUT2D eigenvalue weighted by atomic mass is 16.3. The number of hydrogen-bond donors (Lipinski definition) is 2. The molecule has 1 atom stereocenters. The minimum absolute atomic E-state index is 0.416. The van der Waals surface area contributed by atoms with Crippen LogP contribution >= 0.6 is 0 Å². The Labute approximate surface area is 146 Å². The summed E-state index contributed by atoms with van der Waals surface area (Å²) in [7, 11) is 0. The van der Waals surface area contributed by atoms with E-state index in [0.29, 0.717) is 6.42 Å². The van der Waals surface area contributed by atoms with Crippen LogP contribution in [0.5, 0.6) is 0 Å². The van der Waals surface area contributed by atoms with Crippen LogP contribution in [0.4, 0.5) is 0 Å². The molecular formula is C21H21N3O. The van der Waals surface area contributed by atoms with Gasteiger partial charge in [0.1, 0.15) is 0 Å². The SMILES string of the molecule is CC(O)Cc1c(-c2ccccc2)ncn1Cc1cccc2[nH]ccc12. The molecule has 0 spiro atoms. The number of imidazole rings is 1. The average Bonchev–Trinajstić information content (AvgIpc) is 3.23. The van der Waals surface area contributed by atoms with Gasteiger partial charge in [-0.2, -0.15) is 0 Å². The second-order valence-corrected chi connectivity index (χ2v) is 6.44. The molecule has 0 aliphatic carbocycles. The van der Waals surface area contributed by atoms with Crippen molar-refractivity contribution in [2.75, 3.05) is 0 Å². The van der Waals surface area contributed by atoms with Gasteiger partial charge in [0, 0.05) is 41.3 Å². The quantitative estimate of drug-likeness (QED) is 0.581. The van der Waals surface area contributed by atoms with Gasteiger partial charge in [-0.15, -0.1) is 0 Å². The van der Waals surface area contributed by atoms with Crippen LogP contribution in [-0.4, -0.2) is 25.7 Å². The summed E-state index contributed by atoms with van der Waals surface area (Å²) >= 11 is 0. The third kappa shape index (κ3) is 3.08. The number of aliphatic hydroxyl groups is 1. The molecule has 0 aliphatic heterocycles. The molecule has 2 aromatic carbocycles. The Bertz CT molecular complexity index is 983. The first-order chi connectivity index (χ1) is 12.2. The fourth-order valence-corrected chi connectivity index (χ4v) is 3.35. The van der Waals surface area contributed by atoms with Crippen molar-refractivity contribution < 1.29 is 5.11 Å². The number of fused-ring (bicyclic) bond motifs is 1. The van der Waals surface area contributed by atoms with Crippen LogP contribution < -0.4 is 0 Å². The number of hydrogen-bond acceptors (Lipinski definition) is 2. The van der Waals surface area contributed by atoms with Crippen LogP contribution in [0, 0.1) is 0 Å². The molecule has 2 aromatic heterocycles. The lowest BCUT2D eigenvalue weighted by Gasteiger charge is -2.13. The van der Waals surface area contributed by atoms with E-state index in [4.69, 9.17) is 0 Å². The van der Waals surface area contributed by atoms with E-state index < -0.39 is 6.10 Å². The number of aromatic nitrogens is 3. The lowest BCUT2D eigenvalue weighted by atomic mass is 10.1. The van der Waals surface area contributed by atoms with E-state index in [1.54, 1.807) is 0 Å². The van der Waals surface area contributed by atoms with Gasteiger partial charge in [-0.1, -0.05) is 42.5 Å². The highest BCUT2D eigenvalue weighted by molar-refractivity contribution is 5.82.